The lowest BCUT2D eigenvalue weighted by atomic mass is 9.92. The number of nitrogens with zero attached hydrogens (tertiary/aromatic N) is 10. The lowest BCUT2D eigenvalue weighted by Gasteiger charge is -2.39. The molecule has 8 heterocycles. The molecule has 1 aliphatic carbocycles. The molecule has 9 aromatic rings. The standard InChI is InChI=1S/C36H49FN4O4Si.C28H40N2O5Si.C27H30FN3O2.C8H11FN2.CH4.H2/c1-24-19-26(21-39-32(24)37)23-40(8)33(42)27-14-12-25(13-15-27)20-29-16-17-30(41(29)34(43)44-35(2,3)4)31(28-11-10-18-38-22-28)45-46(9)36(5,6)7;1-27(2,3)34-26(33)30-22(17-19-10-12-20(13-11-19)25(31)32)14-15-23(30)24(21-9-8-16-29-18-21)35-36(7)28(4,5)6;1-18-12-21(15-30-26(18)28)17-31(2)27(33)22-8-5-19(6-9-22)13-20-7-10-23(14-20)25(32)24-4-3-11-29-16-24;1-6-3-7(4-10-2)5-11-8(6)9;;/h10-15,18-19,21-22,29-31,46H,16-17,20,23H2,1-9H3;8-13,16,18,22-24,36H,14-15,17H2,1-7H3,(H,31,32);3-6,8-9,11-12,15-16,20,23,25,32H,7,10,13-14,17H2,1-2H3;3,5,10H,4H2,1-2H3;1H4;1H/t29-,30+,31+,46?;22-,23+,24+,36?;20-,23-,25-;;;/m000.../s1. The Kier molecular flexibility index (Phi) is 36.9. The number of carboxylic acids is 1. The van der Waals surface area contributed by atoms with Gasteiger partial charge in [-0.2, -0.15) is 13.2 Å². The molecule has 12 rings (SSSR count). The second-order valence-electron chi connectivity index (χ2n) is 38.0. The van der Waals surface area contributed by atoms with Crippen molar-refractivity contribution in [1.82, 2.24) is 54.8 Å². The SMILES string of the molecule is C.CNCc1cnc(F)c(C)c1.C[SiH](O[C@H](c1cccnc1)[C@H]1CC[C@@H](Cc2ccc(C(=O)O)cc2)N1C(=O)OC(C)(C)C)C(C)(C)C.Cc1cc(CN(C)C(=O)c2ccc(C[C@@H]3CC[C@H]([C@H](O)c4cccnc4)C3)cc2)cnc1F.Cc1cc(CN(C)C(=O)c2ccc(C[C@@H]3CC[C@H]([C@H](O[SiH](C)C(C)(C)C)c4cccnc4)N3C(=O)OC(C)(C)C)cc2)cnc1F.[HH]. The second-order valence-corrected chi connectivity index (χ2v) is 44.5. The van der Waals surface area contributed by atoms with Crippen LogP contribution in [0.25, 0.3) is 0 Å². The number of aliphatic hydroxyl groups is 1. The highest BCUT2D eigenvalue weighted by atomic mass is 28.3. The summed E-state index contributed by atoms with van der Waals surface area (Å²) in [6, 6.07) is 38.5. The lowest BCUT2D eigenvalue weighted by Crippen LogP contribution is -2.48. The number of rotatable bonds is 25. The van der Waals surface area contributed by atoms with Gasteiger partial charge in [0.1, 0.15) is 11.2 Å². The van der Waals surface area contributed by atoms with Crippen molar-refractivity contribution in [3.63, 3.8) is 0 Å². The maximum atomic E-state index is 13.9. The van der Waals surface area contributed by atoms with Gasteiger partial charge >= 0.3 is 18.2 Å². The van der Waals surface area contributed by atoms with Crippen molar-refractivity contribution in [3.8, 4) is 0 Å². The van der Waals surface area contributed by atoms with Crippen LogP contribution in [0.4, 0.5) is 22.8 Å². The lowest BCUT2D eigenvalue weighted by molar-refractivity contribution is -0.00215. The average molecular weight is 1780 g/mol. The first kappa shape index (κ1) is 102. The van der Waals surface area contributed by atoms with E-state index in [4.69, 9.17) is 18.3 Å². The van der Waals surface area contributed by atoms with Crippen molar-refractivity contribution in [2.24, 2.45) is 11.8 Å². The maximum Gasteiger partial charge on any atom is 0.410 e. The van der Waals surface area contributed by atoms with Crippen LogP contribution in [0.15, 0.2) is 183 Å². The number of aromatic nitrogens is 6. The van der Waals surface area contributed by atoms with Crippen molar-refractivity contribution in [3.05, 3.63) is 284 Å². The number of benzene rings is 3. The van der Waals surface area contributed by atoms with Gasteiger partial charge in [-0.3, -0.25) is 34.3 Å². The van der Waals surface area contributed by atoms with Crippen LogP contribution in [-0.2, 0) is 57.2 Å². The molecule has 0 spiro atoms. The summed E-state index contributed by atoms with van der Waals surface area (Å²) in [7, 11) is 1.98. The molecule has 3 aliphatic rings. The second kappa shape index (κ2) is 46.0. The van der Waals surface area contributed by atoms with Crippen molar-refractivity contribution in [1.29, 1.82) is 0 Å². The van der Waals surface area contributed by atoms with Crippen LogP contribution in [0.2, 0.25) is 23.2 Å². The van der Waals surface area contributed by atoms with Gasteiger partial charge in [0, 0.05) is 131 Å². The highest BCUT2D eigenvalue weighted by Gasteiger charge is 2.47. The Bertz CT molecular complexity index is 5040. The first-order valence-electron chi connectivity index (χ1n) is 43.6. The number of hydrogen-bond acceptors (Lipinski definition) is 17. The van der Waals surface area contributed by atoms with Crippen molar-refractivity contribution >= 4 is 48.1 Å². The quantitative estimate of drug-likeness (QED) is 0.0354. The van der Waals surface area contributed by atoms with E-state index in [0.29, 0.717) is 59.7 Å². The van der Waals surface area contributed by atoms with E-state index in [-0.39, 0.29) is 96.7 Å². The van der Waals surface area contributed by atoms with Crippen molar-refractivity contribution in [2.75, 3.05) is 21.1 Å². The first-order valence-corrected chi connectivity index (χ1v) is 48.0. The van der Waals surface area contributed by atoms with Gasteiger partial charge in [-0.25, -0.2) is 29.3 Å². The molecule has 127 heavy (non-hydrogen) atoms. The van der Waals surface area contributed by atoms with E-state index in [1.165, 1.54) is 18.0 Å². The number of carbonyl (C=O) groups excluding carboxylic acids is 4. The van der Waals surface area contributed by atoms with Crippen LogP contribution in [0.1, 0.15) is 253 Å². The van der Waals surface area contributed by atoms with Crippen LogP contribution in [0.3, 0.4) is 0 Å². The molecule has 0 bridgehead atoms. The molecular formula is C100H136F3N11O11Si2. The zero-order valence-electron chi connectivity index (χ0n) is 77.0. The van der Waals surface area contributed by atoms with E-state index in [9.17, 15) is 47.4 Å². The number of aliphatic hydroxyl groups excluding tert-OH is 1. The Morgan fingerprint density at radius 1 is 0.496 bits per heavy atom. The number of halogens is 3. The number of carboxylic acid groups (broad SMARTS) is 1. The van der Waals surface area contributed by atoms with E-state index < -0.39 is 53.3 Å². The predicted octanol–water partition coefficient (Wildman–Crippen LogP) is 20.4. The molecule has 2 unspecified atom stereocenters. The molecule has 686 valence electrons. The topological polar surface area (TPSA) is 265 Å². The van der Waals surface area contributed by atoms with Crippen LogP contribution in [0, 0.1) is 50.5 Å². The summed E-state index contributed by atoms with van der Waals surface area (Å²) < 4.78 is 65.1. The Balaban J connectivity index is 0.000000248. The number of likely N-dealkylation sites (tertiary alicyclic amines) is 2. The van der Waals surface area contributed by atoms with Gasteiger partial charge in [-0.15, -0.1) is 0 Å². The third kappa shape index (κ3) is 30.1. The molecule has 2 aliphatic heterocycles. The molecule has 11 atom stereocenters. The minimum atomic E-state index is -1.68. The van der Waals surface area contributed by atoms with E-state index in [1.807, 2.05) is 168 Å². The molecule has 2 saturated heterocycles. The first-order chi connectivity index (χ1) is 59.4. The number of nitrogens with one attached hydrogen (secondary N) is 1. The van der Waals surface area contributed by atoms with E-state index in [2.05, 4.69) is 89.9 Å². The number of amides is 4. The van der Waals surface area contributed by atoms with Gasteiger partial charge in [0.15, 0.2) is 18.1 Å². The molecule has 3 aromatic carbocycles. The van der Waals surface area contributed by atoms with Crippen LogP contribution in [-0.4, -0.2) is 164 Å². The highest BCUT2D eigenvalue weighted by Crippen LogP contribution is 2.44. The largest absolute Gasteiger partial charge is 0.478 e. The zero-order valence-corrected chi connectivity index (χ0v) is 79.3. The van der Waals surface area contributed by atoms with Crippen LogP contribution in [0.5, 0.6) is 0 Å². The smallest absolute Gasteiger partial charge is 0.410 e. The van der Waals surface area contributed by atoms with Gasteiger partial charge in [0.05, 0.1) is 36.0 Å². The molecule has 22 nitrogen and oxygen atoms in total. The van der Waals surface area contributed by atoms with Crippen molar-refractivity contribution in [2.45, 2.75) is 272 Å². The zero-order chi connectivity index (χ0) is 92.1. The summed E-state index contributed by atoms with van der Waals surface area (Å²) in [5.41, 5.74) is 10.3. The Morgan fingerprint density at radius 2 is 0.850 bits per heavy atom. The number of aromatic carboxylic acids is 1. The van der Waals surface area contributed by atoms with Gasteiger partial charge in [0.2, 0.25) is 17.8 Å². The summed E-state index contributed by atoms with van der Waals surface area (Å²) in [4.78, 5) is 95.6. The molecule has 27 heteroatoms. The molecule has 3 fully saturated rings. The average Bonchev–Trinajstić information content (AvgIpc) is 1.63. The molecule has 1 saturated carbocycles. The van der Waals surface area contributed by atoms with Crippen molar-refractivity contribution < 1.29 is 67.1 Å². The van der Waals surface area contributed by atoms with Crippen LogP contribution >= 0.6 is 0 Å². The van der Waals surface area contributed by atoms with Crippen LogP contribution < -0.4 is 5.32 Å². The Morgan fingerprint density at radius 3 is 1.19 bits per heavy atom. The predicted molar refractivity (Wildman–Crippen MR) is 499 cm³/mol. The number of aryl methyl sites for hydroxylation is 3. The monoisotopic (exact) mass is 1780 g/mol. The molecule has 6 aromatic heterocycles. The summed E-state index contributed by atoms with van der Waals surface area (Å²) >= 11 is 0. The Hall–Kier alpha value is -10.4. The number of ether oxygens (including phenoxy) is 2. The van der Waals surface area contributed by atoms with E-state index in [0.717, 1.165) is 102 Å². The molecule has 4 amide bonds. The Labute approximate surface area is 755 Å². The fraction of sp³-hybridized carbons (Fsp3) is 0.470. The molecule has 3 N–H and O–H groups in total. The maximum absolute atomic E-state index is 13.9. The summed E-state index contributed by atoms with van der Waals surface area (Å²) in [5, 5.41) is 23.0. The van der Waals surface area contributed by atoms with Gasteiger partial charge in [0.25, 0.3) is 11.8 Å². The van der Waals surface area contributed by atoms with Gasteiger partial charge < -0.3 is 43.7 Å². The fourth-order valence-electron chi connectivity index (χ4n) is 15.8. The number of pyridine rings is 6. The minimum Gasteiger partial charge on any atom is -0.478 e. The summed E-state index contributed by atoms with van der Waals surface area (Å²) in [6.45, 7) is 35.4. The normalized spacial score (nSPS) is 18.1. The van der Waals surface area contributed by atoms with E-state index in [1.54, 1.807) is 106 Å². The third-order valence-corrected chi connectivity index (χ3v) is 29.7. The third-order valence-electron chi connectivity index (χ3n) is 23.4. The number of carbonyl (C=O) groups is 5. The van der Waals surface area contributed by atoms with E-state index >= 15 is 0 Å². The fourth-order valence-corrected chi connectivity index (χ4v) is 18.2. The van der Waals surface area contributed by atoms with Gasteiger partial charge in [-0.1, -0.05) is 104 Å². The minimum absolute atomic E-state index is 0. The molecular weight excluding hydrogens is 1640 g/mol. The number of hydrogen-bond donors (Lipinski definition) is 3. The summed E-state index contributed by atoms with van der Waals surface area (Å²) in [5.74, 6) is -1.76. The highest BCUT2D eigenvalue weighted by molar-refractivity contribution is 6.54. The molecule has 0 radical (unpaired) electrons. The summed E-state index contributed by atoms with van der Waals surface area (Å²) in [6.07, 6.45) is 21.8. The van der Waals surface area contributed by atoms with Gasteiger partial charge in [-0.05, 0) is 291 Å².